The highest BCUT2D eigenvalue weighted by molar-refractivity contribution is 6.11. The summed E-state index contributed by atoms with van der Waals surface area (Å²) >= 11 is 0. The molecule has 0 spiro atoms. The number of phenols is 1. The highest BCUT2D eigenvalue weighted by Gasteiger charge is 2.13. The minimum Gasteiger partial charge on any atom is -0.507 e. The standard InChI is InChI=1S/C27H20N2O3/c28-17-21(16-25-24-9-5-4-8-20(24)10-15-26(25)30)27(31)29-22-11-13-23(14-12-22)32-18-19-6-2-1-3-7-19/h1-16,30H,18H2,(H,29,31)/b21-16+. The first-order valence-corrected chi connectivity index (χ1v) is 10.0. The smallest absolute Gasteiger partial charge is 0.266 e. The summed E-state index contributed by atoms with van der Waals surface area (Å²) < 4.78 is 5.75. The van der Waals surface area contributed by atoms with Crippen LogP contribution in [-0.4, -0.2) is 11.0 Å². The number of phenolic OH excluding ortho intramolecular Hbond substituents is 1. The summed E-state index contributed by atoms with van der Waals surface area (Å²) in [6, 6.07) is 29.5. The topological polar surface area (TPSA) is 82.3 Å². The summed E-state index contributed by atoms with van der Waals surface area (Å²) in [4.78, 5) is 12.7. The second kappa shape index (κ2) is 9.50. The molecule has 0 fully saturated rings. The van der Waals surface area contributed by atoms with Gasteiger partial charge in [0, 0.05) is 11.3 Å². The van der Waals surface area contributed by atoms with Crippen molar-refractivity contribution in [3.8, 4) is 17.6 Å². The molecule has 4 aromatic rings. The third-order valence-corrected chi connectivity index (χ3v) is 4.96. The third kappa shape index (κ3) is 4.77. The van der Waals surface area contributed by atoms with Crippen molar-refractivity contribution in [2.45, 2.75) is 6.61 Å². The molecule has 1 amide bonds. The van der Waals surface area contributed by atoms with E-state index in [4.69, 9.17) is 4.74 Å². The van der Waals surface area contributed by atoms with Crippen molar-refractivity contribution in [3.63, 3.8) is 0 Å². The molecule has 156 valence electrons. The van der Waals surface area contributed by atoms with Gasteiger partial charge in [0.1, 0.15) is 29.7 Å². The lowest BCUT2D eigenvalue weighted by molar-refractivity contribution is -0.112. The fraction of sp³-hybridized carbons (Fsp3) is 0.0370. The fourth-order valence-corrected chi connectivity index (χ4v) is 3.30. The van der Waals surface area contributed by atoms with Crippen molar-refractivity contribution < 1.29 is 14.6 Å². The normalized spacial score (nSPS) is 11.0. The first kappa shape index (κ1) is 20.7. The predicted octanol–water partition coefficient (Wildman–Crippen LogP) is 5.67. The van der Waals surface area contributed by atoms with Crippen LogP contribution in [0.15, 0.2) is 96.6 Å². The van der Waals surface area contributed by atoms with E-state index in [1.807, 2.05) is 60.7 Å². The molecule has 0 radical (unpaired) electrons. The van der Waals surface area contributed by atoms with E-state index in [0.29, 0.717) is 23.6 Å². The average molecular weight is 420 g/mol. The fourth-order valence-electron chi connectivity index (χ4n) is 3.30. The van der Waals surface area contributed by atoms with Gasteiger partial charge in [0.2, 0.25) is 0 Å². The number of hydrogen-bond donors (Lipinski definition) is 2. The van der Waals surface area contributed by atoms with E-state index in [1.165, 1.54) is 6.08 Å². The van der Waals surface area contributed by atoms with Gasteiger partial charge in [-0.25, -0.2) is 0 Å². The van der Waals surface area contributed by atoms with Crippen LogP contribution in [0, 0.1) is 11.3 Å². The highest BCUT2D eigenvalue weighted by Crippen LogP contribution is 2.29. The van der Waals surface area contributed by atoms with Crippen LogP contribution in [0.25, 0.3) is 16.8 Å². The number of fused-ring (bicyclic) bond motifs is 1. The van der Waals surface area contributed by atoms with Crippen LogP contribution in [0.5, 0.6) is 11.5 Å². The van der Waals surface area contributed by atoms with Crippen LogP contribution in [-0.2, 0) is 11.4 Å². The SMILES string of the molecule is N#C/C(=C\c1c(O)ccc2ccccc12)C(=O)Nc1ccc(OCc2ccccc2)cc1. The van der Waals surface area contributed by atoms with E-state index in [2.05, 4.69) is 5.32 Å². The zero-order valence-corrected chi connectivity index (χ0v) is 17.2. The summed E-state index contributed by atoms with van der Waals surface area (Å²) in [5.41, 5.74) is 1.91. The Hall–Kier alpha value is -4.56. The van der Waals surface area contributed by atoms with Crippen LogP contribution in [0.4, 0.5) is 5.69 Å². The lowest BCUT2D eigenvalue weighted by atomic mass is 10.0. The Kier molecular flexibility index (Phi) is 6.15. The molecule has 0 bridgehead atoms. The van der Waals surface area contributed by atoms with Crippen molar-refractivity contribution >= 4 is 28.4 Å². The number of nitrogens with one attached hydrogen (secondary N) is 1. The predicted molar refractivity (Wildman–Crippen MR) is 125 cm³/mol. The van der Waals surface area contributed by atoms with Crippen LogP contribution < -0.4 is 10.1 Å². The van der Waals surface area contributed by atoms with E-state index in [1.54, 1.807) is 36.4 Å². The Morgan fingerprint density at radius 2 is 1.66 bits per heavy atom. The Balaban J connectivity index is 1.48. The van der Waals surface area contributed by atoms with Crippen LogP contribution in [0.1, 0.15) is 11.1 Å². The average Bonchev–Trinajstić information content (AvgIpc) is 2.83. The number of anilines is 1. The van der Waals surface area contributed by atoms with Gasteiger partial charge in [-0.15, -0.1) is 0 Å². The van der Waals surface area contributed by atoms with Gasteiger partial charge in [-0.3, -0.25) is 4.79 Å². The lowest BCUT2D eigenvalue weighted by Crippen LogP contribution is -2.13. The molecule has 5 heteroatoms. The molecule has 0 heterocycles. The minimum atomic E-state index is -0.558. The number of amides is 1. The monoisotopic (exact) mass is 420 g/mol. The molecule has 2 N–H and O–H groups in total. The van der Waals surface area contributed by atoms with Crippen molar-refractivity contribution in [3.05, 3.63) is 108 Å². The Morgan fingerprint density at radius 1 is 0.938 bits per heavy atom. The molecule has 0 saturated heterocycles. The number of ether oxygens (including phenoxy) is 1. The second-order valence-electron chi connectivity index (χ2n) is 7.14. The van der Waals surface area contributed by atoms with Gasteiger partial charge in [0.05, 0.1) is 0 Å². The highest BCUT2D eigenvalue weighted by atomic mass is 16.5. The molecule has 32 heavy (non-hydrogen) atoms. The molecule has 4 aromatic carbocycles. The zero-order chi connectivity index (χ0) is 22.3. The number of carbonyl (C=O) groups is 1. The Labute approximate surface area is 185 Å². The van der Waals surface area contributed by atoms with Crippen molar-refractivity contribution in [1.29, 1.82) is 5.26 Å². The molecule has 0 aromatic heterocycles. The first-order valence-electron chi connectivity index (χ1n) is 10.0. The number of nitriles is 1. The Bertz CT molecular complexity index is 1320. The molecule has 4 rings (SSSR count). The molecule has 0 aliphatic rings. The molecular weight excluding hydrogens is 400 g/mol. The maximum atomic E-state index is 12.7. The van der Waals surface area contributed by atoms with Crippen LogP contribution in [0.2, 0.25) is 0 Å². The Morgan fingerprint density at radius 3 is 2.41 bits per heavy atom. The van der Waals surface area contributed by atoms with Gasteiger partial charge in [-0.2, -0.15) is 5.26 Å². The number of nitrogens with zero attached hydrogens (tertiary/aromatic N) is 1. The van der Waals surface area contributed by atoms with Crippen LogP contribution in [0.3, 0.4) is 0 Å². The van der Waals surface area contributed by atoms with E-state index >= 15 is 0 Å². The number of aromatic hydroxyl groups is 1. The number of rotatable bonds is 6. The van der Waals surface area contributed by atoms with Gasteiger partial charge in [0.15, 0.2) is 0 Å². The van der Waals surface area contributed by atoms with Crippen molar-refractivity contribution in [2.24, 2.45) is 0 Å². The van der Waals surface area contributed by atoms with Gasteiger partial charge in [-0.1, -0.05) is 60.7 Å². The van der Waals surface area contributed by atoms with Crippen molar-refractivity contribution in [1.82, 2.24) is 0 Å². The van der Waals surface area contributed by atoms with E-state index in [9.17, 15) is 15.2 Å². The summed E-state index contributed by atoms with van der Waals surface area (Å²) in [5, 5.41) is 24.2. The molecule has 0 atom stereocenters. The molecule has 5 nitrogen and oxygen atoms in total. The van der Waals surface area contributed by atoms with Gasteiger partial charge in [0.25, 0.3) is 5.91 Å². The van der Waals surface area contributed by atoms with Crippen LogP contribution >= 0.6 is 0 Å². The van der Waals surface area contributed by atoms with E-state index in [-0.39, 0.29) is 11.3 Å². The third-order valence-electron chi connectivity index (χ3n) is 4.96. The molecule has 0 aliphatic carbocycles. The van der Waals surface area contributed by atoms with Gasteiger partial charge >= 0.3 is 0 Å². The maximum Gasteiger partial charge on any atom is 0.266 e. The largest absolute Gasteiger partial charge is 0.507 e. The maximum absolute atomic E-state index is 12.7. The van der Waals surface area contributed by atoms with Crippen molar-refractivity contribution in [2.75, 3.05) is 5.32 Å². The molecular formula is C27H20N2O3. The summed E-state index contributed by atoms with van der Waals surface area (Å²) in [6.45, 7) is 0.447. The summed E-state index contributed by atoms with van der Waals surface area (Å²) in [7, 11) is 0. The number of hydrogen-bond acceptors (Lipinski definition) is 4. The quantitative estimate of drug-likeness (QED) is 0.311. The second-order valence-corrected chi connectivity index (χ2v) is 7.14. The number of carbonyl (C=O) groups excluding carboxylic acids is 1. The lowest BCUT2D eigenvalue weighted by Gasteiger charge is -2.09. The molecule has 0 saturated carbocycles. The van der Waals surface area contributed by atoms with E-state index in [0.717, 1.165) is 16.3 Å². The van der Waals surface area contributed by atoms with Gasteiger partial charge < -0.3 is 15.2 Å². The zero-order valence-electron chi connectivity index (χ0n) is 17.2. The number of benzene rings is 4. The minimum absolute atomic E-state index is 0.00386. The summed E-state index contributed by atoms with van der Waals surface area (Å²) in [6.07, 6.45) is 1.41. The van der Waals surface area contributed by atoms with E-state index < -0.39 is 5.91 Å². The molecule has 0 aliphatic heterocycles. The first-order chi connectivity index (χ1) is 15.6. The van der Waals surface area contributed by atoms with Gasteiger partial charge in [-0.05, 0) is 52.7 Å². The summed E-state index contributed by atoms with van der Waals surface area (Å²) in [5.74, 6) is 0.116. The molecule has 0 unspecified atom stereocenters.